The van der Waals surface area contributed by atoms with Crippen molar-refractivity contribution in [3.63, 3.8) is 0 Å². The minimum atomic E-state index is -0.398. The van der Waals surface area contributed by atoms with Gasteiger partial charge >= 0.3 is 0 Å². The summed E-state index contributed by atoms with van der Waals surface area (Å²) in [5.74, 6) is -0.121. The Morgan fingerprint density at radius 3 is 2.53 bits per heavy atom. The van der Waals surface area contributed by atoms with E-state index >= 15 is 0 Å². The molecule has 0 aliphatic carbocycles. The van der Waals surface area contributed by atoms with Crippen LogP contribution in [-0.4, -0.2) is 11.4 Å². The molecule has 0 radical (unpaired) electrons. The zero-order valence-electron chi connectivity index (χ0n) is 10.8. The molecule has 0 bridgehead atoms. The Morgan fingerprint density at radius 2 is 2.00 bits per heavy atom. The Balaban J connectivity index is 2.97. The van der Waals surface area contributed by atoms with Crippen molar-refractivity contribution in [3.05, 3.63) is 17.9 Å². The molecule has 0 aliphatic rings. The number of halogens is 1. The summed E-state index contributed by atoms with van der Waals surface area (Å²) in [6.45, 7) is 7.98. The average molecular weight is 257 g/mol. The van der Waals surface area contributed by atoms with Crippen molar-refractivity contribution < 1.29 is 9.13 Å². The fourth-order valence-corrected chi connectivity index (χ4v) is 2.27. The van der Waals surface area contributed by atoms with E-state index in [0.717, 1.165) is 11.3 Å². The van der Waals surface area contributed by atoms with E-state index in [1.165, 1.54) is 6.07 Å². The zero-order chi connectivity index (χ0) is 13.0. The normalized spacial score (nSPS) is 12.8. The third kappa shape index (κ3) is 4.11. The van der Waals surface area contributed by atoms with Crippen LogP contribution in [0.1, 0.15) is 34.1 Å². The Bertz CT molecular complexity index is 382. The predicted molar refractivity (Wildman–Crippen MR) is 72.2 cm³/mol. The van der Waals surface area contributed by atoms with E-state index in [4.69, 9.17) is 10.5 Å². The molecule has 17 heavy (non-hydrogen) atoms. The van der Waals surface area contributed by atoms with E-state index in [1.807, 2.05) is 13.8 Å². The summed E-state index contributed by atoms with van der Waals surface area (Å²) in [4.78, 5) is 0.886. The molecular formula is C13H20FNOS. The van der Waals surface area contributed by atoms with Gasteiger partial charge in [0.1, 0.15) is 0 Å². The van der Waals surface area contributed by atoms with Gasteiger partial charge in [-0.25, -0.2) is 4.39 Å². The molecule has 1 rings (SSSR count). The second kappa shape index (κ2) is 6.15. The van der Waals surface area contributed by atoms with Gasteiger partial charge in [-0.3, -0.25) is 0 Å². The van der Waals surface area contributed by atoms with E-state index in [9.17, 15) is 4.39 Å². The highest BCUT2D eigenvalue weighted by Gasteiger charge is 2.12. The first-order chi connectivity index (χ1) is 7.93. The minimum Gasteiger partial charge on any atom is -0.488 e. The van der Waals surface area contributed by atoms with Crippen LogP contribution in [0, 0.1) is 5.82 Å². The Labute approximate surface area is 107 Å². The van der Waals surface area contributed by atoms with Gasteiger partial charge in [0, 0.05) is 21.9 Å². The van der Waals surface area contributed by atoms with Crippen LogP contribution < -0.4 is 10.5 Å². The molecule has 96 valence electrons. The monoisotopic (exact) mass is 257 g/mol. The maximum Gasteiger partial charge on any atom is 0.167 e. The summed E-state index contributed by atoms with van der Waals surface area (Å²) in [7, 11) is 0. The van der Waals surface area contributed by atoms with Gasteiger partial charge in [0.15, 0.2) is 11.6 Å². The van der Waals surface area contributed by atoms with Crippen molar-refractivity contribution in [3.8, 4) is 5.75 Å². The third-order valence-corrected chi connectivity index (χ3v) is 3.67. The van der Waals surface area contributed by atoms with Gasteiger partial charge in [-0.1, -0.05) is 13.8 Å². The van der Waals surface area contributed by atoms with Crippen molar-refractivity contribution in [2.24, 2.45) is 0 Å². The summed E-state index contributed by atoms with van der Waals surface area (Å²) in [6, 6.07) is 3.03. The highest BCUT2D eigenvalue weighted by molar-refractivity contribution is 8.00. The summed E-state index contributed by atoms with van der Waals surface area (Å²) in [5.41, 5.74) is 6.28. The van der Waals surface area contributed by atoms with Gasteiger partial charge in [0.05, 0.1) is 6.10 Å². The van der Waals surface area contributed by atoms with Gasteiger partial charge in [0.25, 0.3) is 0 Å². The fraction of sp³-hybridized carbons (Fsp3) is 0.538. The number of nitrogen functional groups attached to an aromatic ring is 1. The first-order valence-electron chi connectivity index (χ1n) is 5.86. The molecule has 1 unspecified atom stereocenters. The van der Waals surface area contributed by atoms with Crippen molar-refractivity contribution in [2.75, 3.05) is 5.73 Å². The molecule has 2 nitrogen and oxygen atoms in total. The molecule has 0 aliphatic heterocycles. The fourth-order valence-electron chi connectivity index (χ4n) is 1.30. The van der Waals surface area contributed by atoms with Crippen molar-refractivity contribution >= 4 is 17.4 Å². The zero-order valence-corrected chi connectivity index (χ0v) is 11.6. The number of rotatable bonds is 5. The molecule has 1 aromatic carbocycles. The second-order valence-electron chi connectivity index (χ2n) is 4.32. The largest absolute Gasteiger partial charge is 0.488 e. The summed E-state index contributed by atoms with van der Waals surface area (Å²) >= 11 is 1.65. The van der Waals surface area contributed by atoms with Crippen molar-refractivity contribution in [2.45, 2.75) is 50.4 Å². The number of thioether (sulfide) groups is 1. The lowest BCUT2D eigenvalue weighted by atomic mass is 10.3. The molecule has 1 aromatic rings. The lowest BCUT2D eigenvalue weighted by molar-refractivity contribution is 0.230. The average Bonchev–Trinajstić information content (AvgIpc) is 2.24. The number of nitrogens with two attached hydrogens (primary N) is 1. The van der Waals surface area contributed by atoms with E-state index in [1.54, 1.807) is 17.8 Å². The molecule has 0 spiro atoms. The molecule has 0 heterocycles. The van der Waals surface area contributed by atoms with Crippen LogP contribution >= 0.6 is 11.8 Å². The first kappa shape index (κ1) is 14.2. The summed E-state index contributed by atoms with van der Waals surface area (Å²) < 4.78 is 19.0. The Hall–Kier alpha value is -0.900. The van der Waals surface area contributed by atoms with Gasteiger partial charge in [-0.2, -0.15) is 0 Å². The molecular weight excluding hydrogens is 237 g/mol. The molecule has 0 aromatic heterocycles. The van der Waals surface area contributed by atoms with Crippen LogP contribution in [-0.2, 0) is 0 Å². The topological polar surface area (TPSA) is 35.2 Å². The molecule has 4 heteroatoms. The lowest BCUT2D eigenvalue weighted by Crippen LogP contribution is -2.08. The molecule has 0 saturated carbocycles. The highest BCUT2D eigenvalue weighted by atomic mass is 32.2. The third-order valence-electron chi connectivity index (χ3n) is 2.33. The highest BCUT2D eigenvalue weighted by Crippen LogP contribution is 2.35. The SMILES string of the molecule is CCC(C)Sc1cc(OC(C)C)c(F)cc1N. The van der Waals surface area contributed by atoms with Crippen LogP contribution in [0.3, 0.4) is 0 Å². The van der Waals surface area contributed by atoms with Crippen molar-refractivity contribution in [1.29, 1.82) is 0 Å². The van der Waals surface area contributed by atoms with Crippen molar-refractivity contribution in [1.82, 2.24) is 0 Å². The van der Waals surface area contributed by atoms with Crippen LogP contribution in [0.25, 0.3) is 0 Å². The summed E-state index contributed by atoms with van der Waals surface area (Å²) in [6.07, 6.45) is 0.997. The number of hydrogen-bond donors (Lipinski definition) is 1. The smallest absolute Gasteiger partial charge is 0.167 e. The molecule has 0 saturated heterocycles. The molecule has 1 atom stereocenters. The second-order valence-corrected chi connectivity index (χ2v) is 5.80. The van der Waals surface area contributed by atoms with Gasteiger partial charge in [0.2, 0.25) is 0 Å². The lowest BCUT2D eigenvalue weighted by Gasteiger charge is -2.15. The van der Waals surface area contributed by atoms with Crippen LogP contribution in [0.5, 0.6) is 5.75 Å². The van der Waals surface area contributed by atoms with Gasteiger partial charge in [-0.15, -0.1) is 11.8 Å². The predicted octanol–water partition coefficient (Wildman–Crippen LogP) is 4.09. The standard InChI is InChI=1S/C13H20FNOS/c1-5-9(4)17-13-7-12(16-8(2)3)10(14)6-11(13)15/h6-9H,5,15H2,1-4H3. The summed E-state index contributed by atoms with van der Waals surface area (Å²) in [5, 5.41) is 0.453. The van der Waals surface area contributed by atoms with Crippen LogP contribution in [0.4, 0.5) is 10.1 Å². The molecule has 0 fully saturated rings. The molecule has 0 amide bonds. The minimum absolute atomic E-state index is 0.0467. The van der Waals surface area contributed by atoms with E-state index in [2.05, 4.69) is 13.8 Å². The number of anilines is 1. The van der Waals surface area contributed by atoms with E-state index in [0.29, 0.717) is 10.9 Å². The number of ether oxygens (including phenoxy) is 1. The first-order valence-corrected chi connectivity index (χ1v) is 6.74. The van der Waals surface area contributed by atoms with Crippen LogP contribution in [0.15, 0.2) is 17.0 Å². The quantitative estimate of drug-likeness (QED) is 0.637. The maximum absolute atomic E-state index is 13.6. The molecule has 2 N–H and O–H groups in total. The maximum atomic E-state index is 13.6. The van der Waals surface area contributed by atoms with Crippen LogP contribution in [0.2, 0.25) is 0 Å². The van der Waals surface area contributed by atoms with E-state index < -0.39 is 5.82 Å². The van der Waals surface area contributed by atoms with Gasteiger partial charge < -0.3 is 10.5 Å². The van der Waals surface area contributed by atoms with E-state index in [-0.39, 0.29) is 11.9 Å². The number of hydrogen-bond acceptors (Lipinski definition) is 3. The number of benzene rings is 1. The Kier molecular flexibility index (Phi) is 5.12. The van der Waals surface area contributed by atoms with Gasteiger partial charge in [-0.05, 0) is 26.3 Å². The Morgan fingerprint density at radius 1 is 1.35 bits per heavy atom.